The van der Waals surface area contributed by atoms with Crippen molar-refractivity contribution in [3.63, 3.8) is 0 Å². The highest BCUT2D eigenvalue weighted by Crippen LogP contribution is 2.03. The molecule has 0 aliphatic rings. The molecule has 0 heterocycles. The van der Waals surface area contributed by atoms with Crippen molar-refractivity contribution < 1.29 is 14.3 Å². The van der Waals surface area contributed by atoms with Crippen LogP contribution in [0.3, 0.4) is 0 Å². The SMILES string of the molecule is COCCNC(=O)CCNC(=O)c1cccc(C#N)c1. The van der Waals surface area contributed by atoms with Crippen molar-refractivity contribution in [1.82, 2.24) is 10.6 Å². The summed E-state index contributed by atoms with van der Waals surface area (Å²) >= 11 is 0. The monoisotopic (exact) mass is 275 g/mol. The summed E-state index contributed by atoms with van der Waals surface area (Å²) in [7, 11) is 1.56. The zero-order valence-corrected chi connectivity index (χ0v) is 11.3. The van der Waals surface area contributed by atoms with E-state index < -0.39 is 0 Å². The van der Waals surface area contributed by atoms with Crippen molar-refractivity contribution >= 4 is 11.8 Å². The average Bonchev–Trinajstić information content (AvgIpc) is 2.47. The number of hydrogen-bond acceptors (Lipinski definition) is 4. The van der Waals surface area contributed by atoms with E-state index in [9.17, 15) is 9.59 Å². The molecule has 0 aliphatic carbocycles. The van der Waals surface area contributed by atoms with Gasteiger partial charge in [0, 0.05) is 32.2 Å². The lowest BCUT2D eigenvalue weighted by Gasteiger charge is -2.06. The second kappa shape index (κ2) is 8.67. The van der Waals surface area contributed by atoms with Crippen molar-refractivity contribution in [2.45, 2.75) is 6.42 Å². The number of rotatable bonds is 7. The molecule has 0 spiro atoms. The van der Waals surface area contributed by atoms with E-state index in [0.717, 1.165) is 0 Å². The number of methoxy groups -OCH3 is 1. The van der Waals surface area contributed by atoms with Crippen molar-refractivity contribution in [1.29, 1.82) is 5.26 Å². The van der Waals surface area contributed by atoms with Gasteiger partial charge in [0.1, 0.15) is 0 Å². The van der Waals surface area contributed by atoms with Gasteiger partial charge in [-0.25, -0.2) is 0 Å². The molecule has 0 unspecified atom stereocenters. The third kappa shape index (κ3) is 5.50. The Morgan fingerprint density at radius 3 is 2.80 bits per heavy atom. The normalized spacial score (nSPS) is 9.60. The fraction of sp³-hybridized carbons (Fsp3) is 0.357. The van der Waals surface area contributed by atoms with Crippen LogP contribution in [0.4, 0.5) is 0 Å². The maximum absolute atomic E-state index is 11.8. The second-order valence-corrected chi connectivity index (χ2v) is 4.04. The topological polar surface area (TPSA) is 91.2 Å². The van der Waals surface area contributed by atoms with Crippen LogP contribution in [0.1, 0.15) is 22.3 Å². The lowest BCUT2D eigenvalue weighted by molar-refractivity contribution is -0.121. The Labute approximate surface area is 117 Å². The number of hydrogen-bond donors (Lipinski definition) is 2. The van der Waals surface area contributed by atoms with E-state index in [1.165, 1.54) is 6.07 Å². The third-order valence-electron chi connectivity index (χ3n) is 2.52. The minimum Gasteiger partial charge on any atom is -0.383 e. The summed E-state index contributed by atoms with van der Waals surface area (Å²) < 4.78 is 4.80. The Kier molecular flexibility index (Phi) is 6.79. The highest BCUT2D eigenvalue weighted by Gasteiger charge is 2.07. The van der Waals surface area contributed by atoms with Gasteiger partial charge in [-0.05, 0) is 18.2 Å². The van der Waals surface area contributed by atoms with E-state index in [1.807, 2.05) is 6.07 Å². The predicted molar refractivity (Wildman–Crippen MR) is 73.0 cm³/mol. The van der Waals surface area contributed by atoms with Crippen molar-refractivity contribution in [2.24, 2.45) is 0 Å². The first kappa shape index (κ1) is 15.7. The average molecular weight is 275 g/mol. The molecular formula is C14H17N3O3. The molecule has 0 radical (unpaired) electrons. The van der Waals surface area contributed by atoms with E-state index in [1.54, 1.807) is 25.3 Å². The largest absolute Gasteiger partial charge is 0.383 e. The number of nitrogens with zero attached hydrogens (tertiary/aromatic N) is 1. The molecule has 106 valence electrons. The van der Waals surface area contributed by atoms with Crippen LogP contribution in [-0.2, 0) is 9.53 Å². The lowest BCUT2D eigenvalue weighted by Crippen LogP contribution is -2.32. The molecule has 0 aromatic heterocycles. The quantitative estimate of drug-likeness (QED) is 0.706. The summed E-state index contributed by atoms with van der Waals surface area (Å²) in [6.07, 6.45) is 0.202. The Balaban J connectivity index is 2.33. The molecule has 2 amide bonds. The van der Waals surface area contributed by atoms with Crippen LogP contribution in [-0.4, -0.2) is 38.6 Å². The first-order chi connectivity index (χ1) is 9.67. The van der Waals surface area contributed by atoms with Crippen molar-refractivity contribution in [2.75, 3.05) is 26.8 Å². The molecule has 0 fully saturated rings. The maximum Gasteiger partial charge on any atom is 0.251 e. The van der Waals surface area contributed by atoms with Gasteiger partial charge in [-0.1, -0.05) is 6.07 Å². The Hall–Kier alpha value is -2.39. The van der Waals surface area contributed by atoms with Crippen LogP contribution in [0.25, 0.3) is 0 Å². The first-order valence-electron chi connectivity index (χ1n) is 6.21. The van der Waals surface area contributed by atoms with E-state index in [4.69, 9.17) is 10.00 Å². The number of nitrogens with one attached hydrogen (secondary N) is 2. The highest BCUT2D eigenvalue weighted by atomic mass is 16.5. The van der Waals surface area contributed by atoms with Gasteiger partial charge in [-0.15, -0.1) is 0 Å². The molecule has 1 rings (SSSR count). The van der Waals surface area contributed by atoms with Crippen LogP contribution in [0.2, 0.25) is 0 Å². The Bertz CT molecular complexity index is 509. The summed E-state index contributed by atoms with van der Waals surface area (Å²) in [5.74, 6) is -0.445. The van der Waals surface area contributed by atoms with E-state index in [0.29, 0.717) is 24.3 Å². The summed E-state index contributed by atoms with van der Waals surface area (Å²) in [5.41, 5.74) is 0.832. The zero-order chi connectivity index (χ0) is 14.8. The minimum absolute atomic E-state index is 0.145. The van der Waals surface area contributed by atoms with E-state index >= 15 is 0 Å². The highest BCUT2D eigenvalue weighted by molar-refractivity contribution is 5.94. The van der Waals surface area contributed by atoms with Crippen LogP contribution in [0, 0.1) is 11.3 Å². The molecule has 0 aliphatic heterocycles. The van der Waals surface area contributed by atoms with Gasteiger partial charge in [-0.3, -0.25) is 9.59 Å². The summed E-state index contributed by atoms with van der Waals surface area (Å²) in [6, 6.07) is 8.37. The molecule has 1 aromatic carbocycles. The molecule has 6 nitrogen and oxygen atoms in total. The standard InChI is InChI=1S/C14H17N3O3/c1-20-8-7-16-13(18)5-6-17-14(19)12-4-2-3-11(9-12)10-15/h2-4,9H,5-8H2,1H3,(H,16,18)(H,17,19). The maximum atomic E-state index is 11.8. The number of benzene rings is 1. The van der Waals surface area contributed by atoms with Crippen LogP contribution in [0.15, 0.2) is 24.3 Å². The Morgan fingerprint density at radius 2 is 2.10 bits per heavy atom. The van der Waals surface area contributed by atoms with Crippen LogP contribution < -0.4 is 10.6 Å². The van der Waals surface area contributed by atoms with E-state index in [-0.39, 0.29) is 24.8 Å². The summed E-state index contributed by atoms with van der Waals surface area (Å²) in [5, 5.41) is 14.0. The molecule has 6 heteroatoms. The fourth-order valence-corrected chi connectivity index (χ4v) is 1.50. The number of nitriles is 1. The molecule has 2 N–H and O–H groups in total. The summed E-state index contributed by atoms with van der Waals surface area (Å²) in [6.45, 7) is 1.15. The van der Waals surface area contributed by atoms with Crippen LogP contribution in [0.5, 0.6) is 0 Å². The van der Waals surface area contributed by atoms with E-state index in [2.05, 4.69) is 10.6 Å². The molecule has 0 bridgehead atoms. The molecule has 0 atom stereocenters. The fourth-order valence-electron chi connectivity index (χ4n) is 1.50. The third-order valence-corrected chi connectivity index (χ3v) is 2.52. The number of ether oxygens (including phenoxy) is 1. The number of carbonyl (C=O) groups excluding carboxylic acids is 2. The van der Waals surface area contributed by atoms with Gasteiger partial charge < -0.3 is 15.4 Å². The first-order valence-corrected chi connectivity index (χ1v) is 6.21. The molecular weight excluding hydrogens is 258 g/mol. The minimum atomic E-state index is -0.299. The predicted octanol–water partition coefficient (Wildman–Crippen LogP) is 0.441. The molecule has 0 saturated carbocycles. The molecule has 0 saturated heterocycles. The smallest absolute Gasteiger partial charge is 0.251 e. The summed E-state index contributed by atoms with van der Waals surface area (Å²) in [4.78, 5) is 23.2. The molecule has 1 aromatic rings. The number of carbonyl (C=O) groups is 2. The van der Waals surface area contributed by atoms with Gasteiger partial charge in [0.05, 0.1) is 18.2 Å². The van der Waals surface area contributed by atoms with Crippen molar-refractivity contribution in [3.8, 4) is 6.07 Å². The lowest BCUT2D eigenvalue weighted by atomic mass is 10.1. The van der Waals surface area contributed by atoms with Gasteiger partial charge in [0.15, 0.2) is 0 Å². The number of amides is 2. The van der Waals surface area contributed by atoms with Gasteiger partial charge >= 0.3 is 0 Å². The zero-order valence-electron chi connectivity index (χ0n) is 11.3. The van der Waals surface area contributed by atoms with Crippen molar-refractivity contribution in [3.05, 3.63) is 35.4 Å². The second-order valence-electron chi connectivity index (χ2n) is 4.04. The Morgan fingerprint density at radius 1 is 1.30 bits per heavy atom. The van der Waals surface area contributed by atoms with Gasteiger partial charge in [-0.2, -0.15) is 5.26 Å². The van der Waals surface area contributed by atoms with Gasteiger partial charge in [0.25, 0.3) is 5.91 Å². The van der Waals surface area contributed by atoms with Gasteiger partial charge in [0.2, 0.25) is 5.91 Å². The molecule has 20 heavy (non-hydrogen) atoms. The van der Waals surface area contributed by atoms with Crippen LogP contribution >= 0.6 is 0 Å².